The average molecular weight is 335 g/mol. The van der Waals surface area contributed by atoms with Gasteiger partial charge in [0.1, 0.15) is 23.3 Å². The van der Waals surface area contributed by atoms with Gasteiger partial charge in [-0.2, -0.15) is 5.26 Å². The Kier molecular flexibility index (Phi) is 4.06. The van der Waals surface area contributed by atoms with Crippen molar-refractivity contribution in [1.29, 1.82) is 5.26 Å². The summed E-state index contributed by atoms with van der Waals surface area (Å²) in [6.07, 6.45) is 2.78. The summed E-state index contributed by atoms with van der Waals surface area (Å²) >= 11 is 0. The molecule has 1 saturated heterocycles. The van der Waals surface area contributed by atoms with Gasteiger partial charge in [0.25, 0.3) is 0 Å². The lowest BCUT2D eigenvalue weighted by Crippen LogP contribution is -2.46. The van der Waals surface area contributed by atoms with Crippen LogP contribution in [0.25, 0.3) is 0 Å². The van der Waals surface area contributed by atoms with Gasteiger partial charge in [-0.15, -0.1) is 0 Å². The van der Waals surface area contributed by atoms with Crippen LogP contribution in [0.15, 0.2) is 36.4 Å². The Labute approximate surface area is 147 Å². The van der Waals surface area contributed by atoms with E-state index in [1.165, 1.54) is 11.1 Å². The molecule has 0 radical (unpaired) electrons. The van der Waals surface area contributed by atoms with Crippen molar-refractivity contribution < 1.29 is 9.47 Å². The molecule has 1 aromatic heterocycles. The number of rotatable bonds is 2. The highest BCUT2D eigenvalue weighted by Gasteiger charge is 2.41. The third kappa shape index (κ3) is 2.83. The highest BCUT2D eigenvalue weighted by Crippen LogP contribution is 2.42. The molecule has 128 valence electrons. The number of nitrogens with zero attached hydrogens (tertiary/aromatic N) is 3. The van der Waals surface area contributed by atoms with E-state index in [0.29, 0.717) is 5.69 Å². The number of anilines is 1. The summed E-state index contributed by atoms with van der Waals surface area (Å²) in [4.78, 5) is 6.67. The number of piperidine rings is 1. The number of fused-ring (bicyclic) bond motifs is 2. The van der Waals surface area contributed by atoms with Crippen molar-refractivity contribution in [1.82, 2.24) is 4.98 Å². The van der Waals surface area contributed by atoms with E-state index < -0.39 is 0 Å². The van der Waals surface area contributed by atoms with E-state index in [1.807, 2.05) is 18.2 Å². The zero-order chi connectivity index (χ0) is 17.3. The Morgan fingerprint density at radius 2 is 2.08 bits per heavy atom. The number of aromatic nitrogens is 1. The summed E-state index contributed by atoms with van der Waals surface area (Å²) in [7, 11) is 1.71. The summed E-state index contributed by atoms with van der Waals surface area (Å²) in [5.41, 5.74) is 2.90. The van der Waals surface area contributed by atoms with Gasteiger partial charge in [-0.3, -0.25) is 0 Å². The summed E-state index contributed by atoms with van der Waals surface area (Å²) in [6.45, 7) is 2.49. The Hall–Kier alpha value is -2.58. The molecule has 0 N–H and O–H groups in total. The molecule has 5 nitrogen and oxygen atoms in total. The number of hydrogen-bond donors (Lipinski definition) is 0. The summed E-state index contributed by atoms with van der Waals surface area (Å²) in [5, 5.41) is 9.05. The van der Waals surface area contributed by atoms with Crippen molar-refractivity contribution in [2.45, 2.75) is 24.9 Å². The molecule has 0 saturated carbocycles. The van der Waals surface area contributed by atoms with Gasteiger partial charge in [-0.25, -0.2) is 4.98 Å². The maximum atomic E-state index is 9.05. The lowest BCUT2D eigenvalue weighted by molar-refractivity contribution is -0.0767. The van der Waals surface area contributed by atoms with E-state index in [1.54, 1.807) is 13.2 Å². The number of methoxy groups -OCH3 is 1. The van der Waals surface area contributed by atoms with E-state index in [2.05, 4.69) is 28.1 Å². The molecule has 1 aromatic carbocycles. The van der Waals surface area contributed by atoms with Crippen LogP contribution < -0.4 is 9.64 Å². The normalized spacial score (nSPS) is 18.5. The number of benzene rings is 1. The lowest BCUT2D eigenvalue weighted by atomic mass is 9.79. The molecular formula is C20H21N3O2. The van der Waals surface area contributed by atoms with E-state index in [0.717, 1.165) is 50.5 Å². The molecular weight excluding hydrogens is 314 g/mol. The first-order valence-corrected chi connectivity index (χ1v) is 8.67. The van der Waals surface area contributed by atoms with Gasteiger partial charge < -0.3 is 14.4 Å². The molecule has 3 heterocycles. The van der Waals surface area contributed by atoms with E-state index in [-0.39, 0.29) is 5.60 Å². The molecule has 0 amide bonds. The van der Waals surface area contributed by atoms with Gasteiger partial charge in [-0.05, 0) is 54.7 Å². The highest BCUT2D eigenvalue weighted by atomic mass is 16.5. The van der Waals surface area contributed by atoms with Crippen LogP contribution in [0.1, 0.15) is 29.7 Å². The first-order chi connectivity index (χ1) is 12.2. The molecule has 2 aliphatic heterocycles. The lowest BCUT2D eigenvalue weighted by Gasteiger charge is -2.45. The van der Waals surface area contributed by atoms with Gasteiger partial charge in [0.2, 0.25) is 0 Å². The van der Waals surface area contributed by atoms with Crippen LogP contribution in [0.2, 0.25) is 0 Å². The SMILES string of the molecule is COc1ccc2c(c1)CCOC21CCN(c2cccc(C#N)n2)CC1. The molecule has 1 fully saturated rings. The fraction of sp³-hybridized carbons (Fsp3) is 0.400. The van der Waals surface area contributed by atoms with Crippen LogP contribution in [-0.4, -0.2) is 31.8 Å². The average Bonchev–Trinajstić information content (AvgIpc) is 2.68. The first-order valence-electron chi connectivity index (χ1n) is 8.67. The standard InChI is InChI=1S/C20H21N3O2/c1-24-17-5-6-18-15(13-17)7-12-25-20(18)8-10-23(11-9-20)19-4-2-3-16(14-21)22-19/h2-6,13H,7-12H2,1H3. The second-order valence-corrected chi connectivity index (χ2v) is 6.60. The summed E-state index contributed by atoms with van der Waals surface area (Å²) in [5.74, 6) is 1.78. The van der Waals surface area contributed by atoms with Gasteiger partial charge in [0.05, 0.1) is 19.3 Å². The van der Waals surface area contributed by atoms with Gasteiger partial charge >= 0.3 is 0 Å². The number of hydrogen-bond acceptors (Lipinski definition) is 5. The minimum absolute atomic E-state index is 0.205. The molecule has 4 rings (SSSR count). The van der Waals surface area contributed by atoms with Crippen LogP contribution in [0, 0.1) is 11.3 Å². The minimum atomic E-state index is -0.205. The van der Waals surface area contributed by atoms with Gasteiger partial charge in [-0.1, -0.05) is 12.1 Å². The third-order valence-electron chi connectivity index (χ3n) is 5.30. The summed E-state index contributed by atoms with van der Waals surface area (Å²) < 4.78 is 11.7. The van der Waals surface area contributed by atoms with Crippen molar-refractivity contribution in [3.8, 4) is 11.8 Å². The largest absolute Gasteiger partial charge is 0.497 e. The van der Waals surface area contributed by atoms with E-state index in [4.69, 9.17) is 14.7 Å². The smallest absolute Gasteiger partial charge is 0.142 e. The second kappa shape index (κ2) is 6.38. The molecule has 5 heteroatoms. The van der Waals surface area contributed by atoms with Crippen LogP contribution in [0.4, 0.5) is 5.82 Å². The van der Waals surface area contributed by atoms with Crippen molar-refractivity contribution in [2.24, 2.45) is 0 Å². The fourth-order valence-corrected chi connectivity index (χ4v) is 3.95. The summed E-state index contributed by atoms with van der Waals surface area (Å²) in [6, 6.07) is 14.1. The van der Waals surface area contributed by atoms with Crippen molar-refractivity contribution >= 4 is 5.82 Å². The fourth-order valence-electron chi connectivity index (χ4n) is 3.95. The highest BCUT2D eigenvalue weighted by molar-refractivity contribution is 5.45. The van der Waals surface area contributed by atoms with Crippen molar-refractivity contribution in [3.05, 3.63) is 53.2 Å². The maximum Gasteiger partial charge on any atom is 0.142 e. The monoisotopic (exact) mass is 335 g/mol. The number of pyridine rings is 1. The number of nitriles is 1. The van der Waals surface area contributed by atoms with Crippen LogP contribution >= 0.6 is 0 Å². The molecule has 2 aromatic rings. The van der Waals surface area contributed by atoms with Crippen LogP contribution in [0.5, 0.6) is 5.75 Å². The topological polar surface area (TPSA) is 58.4 Å². The Balaban J connectivity index is 1.57. The first kappa shape index (κ1) is 15.9. The minimum Gasteiger partial charge on any atom is -0.497 e. The van der Waals surface area contributed by atoms with E-state index in [9.17, 15) is 0 Å². The van der Waals surface area contributed by atoms with Crippen molar-refractivity contribution in [2.75, 3.05) is 31.7 Å². The number of ether oxygens (including phenoxy) is 2. The van der Waals surface area contributed by atoms with Gasteiger partial charge in [0, 0.05) is 13.1 Å². The predicted octanol–water partition coefficient (Wildman–Crippen LogP) is 3.03. The zero-order valence-corrected chi connectivity index (χ0v) is 14.4. The molecule has 2 aliphatic rings. The van der Waals surface area contributed by atoms with Crippen LogP contribution in [-0.2, 0) is 16.8 Å². The third-order valence-corrected chi connectivity index (χ3v) is 5.30. The van der Waals surface area contributed by atoms with E-state index >= 15 is 0 Å². The zero-order valence-electron chi connectivity index (χ0n) is 14.4. The molecule has 0 aliphatic carbocycles. The molecule has 0 unspecified atom stereocenters. The van der Waals surface area contributed by atoms with Crippen molar-refractivity contribution in [3.63, 3.8) is 0 Å². The Morgan fingerprint density at radius 1 is 1.24 bits per heavy atom. The molecule has 0 atom stereocenters. The molecule has 25 heavy (non-hydrogen) atoms. The Bertz CT molecular complexity index is 820. The molecule has 0 bridgehead atoms. The maximum absolute atomic E-state index is 9.05. The Morgan fingerprint density at radius 3 is 2.84 bits per heavy atom. The van der Waals surface area contributed by atoms with Gasteiger partial charge in [0.15, 0.2) is 0 Å². The predicted molar refractivity (Wildman–Crippen MR) is 94.7 cm³/mol. The second-order valence-electron chi connectivity index (χ2n) is 6.60. The molecule has 1 spiro atoms. The quantitative estimate of drug-likeness (QED) is 0.844. The van der Waals surface area contributed by atoms with Crippen LogP contribution in [0.3, 0.4) is 0 Å².